The topological polar surface area (TPSA) is 67.9 Å². The number of carbonyl (C=O) groups is 2. The number of nitrogens with zero attached hydrogens (tertiary/aromatic N) is 1. The third-order valence-electron chi connectivity index (χ3n) is 7.45. The van der Waals surface area contributed by atoms with Crippen LogP contribution in [0.2, 0.25) is 0 Å². The minimum absolute atomic E-state index is 0.0708. The molecule has 3 aromatic carbocycles. The van der Waals surface area contributed by atoms with Gasteiger partial charge in [0.1, 0.15) is 18.5 Å². The summed E-state index contributed by atoms with van der Waals surface area (Å²) in [5.41, 5.74) is 3.75. The van der Waals surface area contributed by atoms with Crippen LogP contribution in [0.5, 0.6) is 5.75 Å². The Morgan fingerprint density at radius 2 is 1.65 bits per heavy atom. The van der Waals surface area contributed by atoms with Crippen LogP contribution in [-0.4, -0.2) is 29.9 Å². The number of hydrogen-bond donors (Lipinski definition) is 1. The van der Waals surface area contributed by atoms with E-state index in [0.29, 0.717) is 6.61 Å². The minimum Gasteiger partial charge on any atom is -0.489 e. The maximum Gasteiger partial charge on any atom is 0.307 e. The van der Waals surface area contributed by atoms with Gasteiger partial charge < -0.3 is 14.4 Å². The maximum absolute atomic E-state index is 13.5. The molecule has 3 aromatic rings. The molecule has 1 aliphatic heterocycles. The molecule has 0 bridgehead atoms. The molecule has 6 heteroatoms. The van der Waals surface area contributed by atoms with E-state index in [-0.39, 0.29) is 36.5 Å². The van der Waals surface area contributed by atoms with Crippen LogP contribution >= 0.6 is 0 Å². The molecule has 2 atom stereocenters. The van der Waals surface area contributed by atoms with Crippen LogP contribution in [0.15, 0.2) is 78.9 Å². The highest BCUT2D eigenvalue weighted by molar-refractivity contribution is 5.99. The first-order valence-corrected chi connectivity index (χ1v) is 13.1. The molecule has 1 amide bonds. The predicted octanol–water partition coefficient (Wildman–Crippen LogP) is 5.95. The lowest BCUT2D eigenvalue weighted by molar-refractivity contribution is -0.141. The highest BCUT2D eigenvalue weighted by Crippen LogP contribution is 2.39. The van der Waals surface area contributed by atoms with Crippen molar-refractivity contribution in [2.45, 2.75) is 63.4 Å². The number of esters is 1. The number of methoxy groups -OCH3 is 1. The van der Waals surface area contributed by atoms with E-state index in [1.54, 1.807) is 0 Å². The molecule has 37 heavy (non-hydrogen) atoms. The first kappa shape index (κ1) is 25.0. The lowest BCUT2D eigenvalue weighted by Gasteiger charge is -2.38. The number of amides is 1. The van der Waals surface area contributed by atoms with Gasteiger partial charge in [-0.1, -0.05) is 79.9 Å². The lowest BCUT2D eigenvalue weighted by Crippen LogP contribution is -2.45. The molecular formula is C31H34N2O4. The monoisotopic (exact) mass is 498 g/mol. The number of benzene rings is 3. The van der Waals surface area contributed by atoms with Crippen molar-refractivity contribution in [2.75, 3.05) is 7.11 Å². The normalized spacial score (nSPS) is 18.4. The van der Waals surface area contributed by atoms with E-state index in [2.05, 4.69) is 5.32 Å². The summed E-state index contributed by atoms with van der Waals surface area (Å²) >= 11 is 0. The second-order valence-corrected chi connectivity index (χ2v) is 9.84. The van der Waals surface area contributed by atoms with Gasteiger partial charge >= 0.3 is 5.97 Å². The van der Waals surface area contributed by atoms with Crippen LogP contribution in [-0.2, 0) is 16.1 Å². The molecule has 1 heterocycles. The third-order valence-corrected chi connectivity index (χ3v) is 7.45. The van der Waals surface area contributed by atoms with Gasteiger partial charge in [-0.15, -0.1) is 0 Å². The molecule has 1 fully saturated rings. The van der Waals surface area contributed by atoms with Crippen molar-refractivity contribution in [1.29, 1.82) is 0 Å². The molecule has 192 valence electrons. The van der Waals surface area contributed by atoms with Gasteiger partial charge in [0.15, 0.2) is 0 Å². The molecule has 5 rings (SSSR count). The number of ether oxygens (including phenoxy) is 2. The van der Waals surface area contributed by atoms with Gasteiger partial charge in [-0.2, -0.15) is 0 Å². The molecule has 1 N–H and O–H groups in total. The highest BCUT2D eigenvalue weighted by atomic mass is 16.5. The standard InChI is InChI=1S/C31H34N2O4/c1-36-29(34)20-28(23-16-18-25(19-17-23)37-21-22-10-4-2-5-11-22)32-30-26-14-8-9-15-27(26)31(35)33(30)24-12-6-3-7-13-24/h2,4-5,8-11,14-19,24,28,30,32H,3,6-7,12-13,20-21H2,1H3/t28-,30-/m0/s1. The van der Waals surface area contributed by atoms with Gasteiger partial charge in [0.25, 0.3) is 5.91 Å². The Morgan fingerprint density at radius 3 is 2.38 bits per heavy atom. The van der Waals surface area contributed by atoms with Gasteiger partial charge in [-0.05, 0) is 42.2 Å². The predicted molar refractivity (Wildman–Crippen MR) is 142 cm³/mol. The smallest absolute Gasteiger partial charge is 0.307 e. The minimum atomic E-state index is -0.328. The van der Waals surface area contributed by atoms with Crippen LogP contribution in [0, 0.1) is 0 Å². The van der Waals surface area contributed by atoms with Crippen molar-refractivity contribution >= 4 is 11.9 Å². The van der Waals surface area contributed by atoms with E-state index in [9.17, 15) is 9.59 Å². The Balaban J connectivity index is 1.38. The fraction of sp³-hybridized carbons (Fsp3) is 0.355. The molecule has 0 aromatic heterocycles. The number of nitrogens with one attached hydrogen (secondary N) is 1. The zero-order chi connectivity index (χ0) is 25.6. The first-order valence-electron chi connectivity index (χ1n) is 13.1. The van der Waals surface area contributed by atoms with Gasteiger partial charge in [0.05, 0.1) is 13.5 Å². The van der Waals surface area contributed by atoms with Crippen LogP contribution < -0.4 is 10.1 Å². The second kappa shape index (κ2) is 11.6. The third kappa shape index (κ3) is 5.70. The van der Waals surface area contributed by atoms with Crippen LogP contribution in [0.1, 0.15) is 77.8 Å². The summed E-state index contributed by atoms with van der Waals surface area (Å²) in [6.45, 7) is 0.487. The van der Waals surface area contributed by atoms with Crippen molar-refractivity contribution < 1.29 is 19.1 Å². The van der Waals surface area contributed by atoms with Gasteiger partial charge in [-0.3, -0.25) is 14.9 Å². The molecule has 0 spiro atoms. The van der Waals surface area contributed by atoms with Crippen molar-refractivity contribution in [3.05, 3.63) is 101 Å². The number of hydrogen-bond acceptors (Lipinski definition) is 5. The molecule has 6 nitrogen and oxygen atoms in total. The summed E-state index contributed by atoms with van der Waals surface area (Å²) in [6.07, 6.45) is 5.36. The zero-order valence-electron chi connectivity index (χ0n) is 21.3. The largest absolute Gasteiger partial charge is 0.489 e. The van der Waals surface area contributed by atoms with E-state index in [4.69, 9.17) is 9.47 Å². The van der Waals surface area contributed by atoms with Crippen LogP contribution in [0.3, 0.4) is 0 Å². The van der Waals surface area contributed by atoms with E-state index in [0.717, 1.165) is 53.7 Å². The maximum atomic E-state index is 13.5. The van der Waals surface area contributed by atoms with Crippen molar-refractivity contribution in [2.24, 2.45) is 0 Å². The summed E-state index contributed by atoms with van der Waals surface area (Å²) in [5.74, 6) is 0.528. The SMILES string of the molecule is COC(=O)C[C@H](N[C@@H]1c2ccccc2C(=O)N1C1CCCCC1)c1ccc(OCc2ccccc2)cc1. The molecule has 1 aliphatic carbocycles. The van der Waals surface area contributed by atoms with Gasteiger partial charge in [-0.25, -0.2) is 0 Å². The molecular weight excluding hydrogens is 464 g/mol. The van der Waals surface area contributed by atoms with Crippen molar-refractivity contribution in [3.63, 3.8) is 0 Å². The molecule has 0 saturated heterocycles. The fourth-order valence-electron chi connectivity index (χ4n) is 5.49. The zero-order valence-corrected chi connectivity index (χ0v) is 21.3. The summed E-state index contributed by atoms with van der Waals surface area (Å²) < 4.78 is 11.0. The van der Waals surface area contributed by atoms with Crippen molar-refractivity contribution in [3.8, 4) is 5.75 Å². The molecule has 2 aliphatic rings. The lowest BCUT2D eigenvalue weighted by atomic mass is 9.94. The first-order chi connectivity index (χ1) is 18.1. The van der Waals surface area contributed by atoms with Gasteiger partial charge in [0.2, 0.25) is 0 Å². The van der Waals surface area contributed by atoms with Crippen molar-refractivity contribution in [1.82, 2.24) is 10.2 Å². The summed E-state index contributed by atoms with van der Waals surface area (Å²) in [5, 5.41) is 3.67. The van der Waals surface area contributed by atoms with Crippen LogP contribution in [0.4, 0.5) is 0 Å². The van der Waals surface area contributed by atoms with E-state index >= 15 is 0 Å². The fourth-order valence-corrected chi connectivity index (χ4v) is 5.49. The Bertz CT molecular complexity index is 1210. The highest BCUT2D eigenvalue weighted by Gasteiger charge is 2.41. The van der Waals surface area contributed by atoms with E-state index < -0.39 is 0 Å². The average Bonchev–Trinajstić information content (AvgIpc) is 3.24. The summed E-state index contributed by atoms with van der Waals surface area (Å²) in [4.78, 5) is 28.0. The molecule has 0 radical (unpaired) electrons. The number of fused-ring (bicyclic) bond motifs is 1. The Morgan fingerprint density at radius 1 is 0.946 bits per heavy atom. The quantitative estimate of drug-likeness (QED) is 0.370. The molecule has 1 saturated carbocycles. The Labute approximate surface area is 218 Å². The summed E-state index contributed by atoms with van der Waals surface area (Å²) in [7, 11) is 1.41. The average molecular weight is 499 g/mol. The van der Waals surface area contributed by atoms with Gasteiger partial charge in [0, 0.05) is 23.2 Å². The summed E-state index contributed by atoms with van der Waals surface area (Å²) in [6, 6.07) is 25.5. The second-order valence-electron chi connectivity index (χ2n) is 9.84. The number of carbonyl (C=O) groups excluding carboxylic acids is 2. The van der Waals surface area contributed by atoms with E-state index in [1.807, 2.05) is 83.8 Å². The Kier molecular flexibility index (Phi) is 7.85. The number of rotatable bonds is 9. The van der Waals surface area contributed by atoms with Crippen LogP contribution in [0.25, 0.3) is 0 Å². The Hall–Kier alpha value is -3.64. The molecule has 0 unspecified atom stereocenters. The van der Waals surface area contributed by atoms with E-state index in [1.165, 1.54) is 13.5 Å².